The highest BCUT2D eigenvalue weighted by Crippen LogP contribution is 2.26. The molecule has 0 radical (unpaired) electrons. The fourth-order valence-electron chi connectivity index (χ4n) is 3.92. The van der Waals surface area contributed by atoms with Crippen molar-refractivity contribution >= 4 is 16.8 Å². The SMILES string of the molecule is CCN(CC1CCCCCC1)C(=O)c1c[nH]c2cccc(C)c12. The first kappa shape index (κ1) is 16.1. The zero-order valence-electron chi connectivity index (χ0n) is 14.4. The predicted molar refractivity (Wildman–Crippen MR) is 95.8 cm³/mol. The molecule has 1 fully saturated rings. The maximum absolute atomic E-state index is 13.1. The smallest absolute Gasteiger partial charge is 0.256 e. The fourth-order valence-corrected chi connectivity index (χ4v) is 3.92. The fraction of sp³-hybridized carbons (Fsp3) is 0.550. The van der Waals surface area contributed by atoms with E-state index in [4.69, 9.17) is 0 Å². The molecule has 1 saturated carbocycles. The zero-order chi connectivity index (χ0) is 16.2. The molecule has 1 N–H and O–H groups in total. The predicted octanol–water partition coefficient (Wildman–Crippen LogP) is 4.91. The van der Waals surface area contributed by atoms with Gasteiger partial charge in [-0.3, -0.25) is 4.79 Å². The van der Waals surface area contributed by atoms with E-state index in [1.165, 1.54) is 38.5 Å². The molecule has 0 spiro atoms. The van der Waals surface area contributed by atoms with Gasteiger partial charge in [0.1, 0.15) is 0 Å². The number of rotatable bonds is 4. The molecular formula is C20H28N2O. The molecule has 3 heteroatoms. The second-order valence-electron chi connectivity index (χ2n) is 6.90. The first-order valence-electron chi connectivity index (χ1n) is 9.06. The lowest BCUT2D eigenvalue weighted by Gasteiger charge is -2.26. The molecule has 3 nitrogen and oxygen atoms in total. The molecule has 0 bridgehead atoms. The van der Waals surface area contributed by atoms with Gasteiger partial charge in [0.15, 0.2) is 0 Å². The lowest BCUT2D eigenvalue weighted by atomic mass is 9.99. The summed E-state index contributed by atoms with van der Waals surface area (Å²) >= 11 is 0. The lowest BCUT2D eigenvalue weighted by molar-refractivity contribution is 0.0734. The first-order valence-corrected chi connectivity index (χ1v) is 9.06. The number of benzene rings is 1. The molecule has 1 aromatic heterocycles. The molecule has 2 aromatic rings. The quantitative estimate of drug-likeness (QED) is 0.800. The van der Waals surface area contributed by atoms with E-state index in [1.807, 2.05) is 23.2 Å². The molecule has 0 unspecified atom stereocenters. The van der Waals surface area contributed by atoms with E-state index in [2.05, 4.69) is 24.9 Å². The molecule has 0 atom stereocenters. The number of aryl methyl sites for hydroxylation is 1. The number of fused-ring (bicyclic) bond motifs is 1. The normalized spacial score (nSPS) is 16.4. The Morgan fingerprint density at radius 1 is 1.22 bits per heavy atom. The molecule has 1 aliphatic carbocycles. The van der Waals surface area contributed by atoms with Gasteiger partial charge in [0, 0.05) is 30.2 Å². The zero-order valence-corrected chi connectivity index (χ0v) is 14.4. The van der Waals surface area contributed by atoms with Gasteiger partial charge < -0.3 is 9.88 Å². The molecule has 0 saturated heterocycles. The summed E-state index contributed by atoms with van der Waals surface area (Å²) in [6.45, 7) is 5.87. The summed E-state index contributed by atoms with van der Waals surface area (Å²) in [4.78, 5) is 18.4. The van der Waals surface area contributed by atoms with Crippen molar-refractivity contribution < 1.29 is 4.79 Å². The van der Waals surface area contributed by atoms with Gasteiger partial charge in [-0.2, -0.15) is 0 Å². The second-order valence-corrected chi connectivity index (χ2v) is 6.90. The third kappa shape index (κ3) is 3.44. The van der Waals surface area contributed by atoms with E-state index in [1.54, 1.807) is 0 Å². The van der Waals surface area contributed by atoms with Crippen molar-refractivity contribution in [2.45, 2.75) is 52.4 Å². The van der Waals surface area contributed by atoms with Gasteiger partial charge in [-0.05, 0) is 44.2 Å². The van der Waals surface area contributed by atoms with Gasteiger partial charge in [0.2, 0.25) is 0 Å². The van der Waals surface area contributed by atoms with E-state index >= 15 is 0 Å². The molecule has 3 rings (SSSR count). The Kier molecular flexibility index (Phi) is 5.04. The molecule has 1 aliphatic rings. The van der Waals surface area contributed by atoms with Crippen LogP contribution < -0.4 is 0 Å². The van der Waals surface area contributed by atoms with E-state index < -0.39 is 0 Å². The minimum Gasteiger partial charge on any atom is -0.360 e. The maximum atomic E-state index is 13.1. The number of hydrogen-bond acceptors (Lipinski definition) is 1. The summed E-state index contributed by atoms with van der Waals surface area (Å²) in [5.74, 6) is 0.852. The Labute approximate surface area is 139 Å². The minimum atomic E-state index is 0.178. The average molecular weight is 312 g/mol. The number of amides is 1. The molecule has 1 heterocycles. The molecule has 23 heavy (non-hydrogen) atoms. The van der Waals surface area contributed by atoms with Crippen LogP contribution in [-0.4, -0.2) is 28.9 Å². The maximum Gasteiger partial charge on any atom is 0.256 e. The number of hydrogen-bond donors (Lipinski definition) is 1. The summed E-state index contributed by atoms with van der Waals surface area (Å²) in [6, 6.07) is 6.15. The van der Waals surface area contributed by atoms with Crippen LogP contribution in [0.3, 0.4) is 0 Å². The number of carbonyl (C=O) groups excluding carboxylic acids is 1. The number of H-pyrrole nitrogens is 1. The highest BCUT2D eigenvalue weighted by molar-refractivity contribution is 6.07. The van der Waals surface area contributed by atoms with Gasteiger partial charge in [-0.1, -0.05) is 37.8 Å². The van der Waals surface area contributed by atoms with E-state index in [0.29, 0.717) is 5.92 Å². The number of nitrogens with zero attached hydrogens (tertiary/aromatic N) is 1. The topological polar surface area (TPSA) is 36.1 Å². The summed E-state index contributed by atoms with van der Waals surface area (Å²) < 4.78 is 0. The van der Waals surface area contributed by atoms with Gasteiger partial charge in [-0.15, -0.1) is 0 Å². The summed E-state index contributed by atoms with van der Waals surface area (Å²) in [6.07, 6.45) is 9.80. The van der Waals surface area contributed by atoms with Crippen molar-refractivity contribution in [3.63, 3.8) is 0 Å². The standard InChI is InChI=1S/C20H28N2O/c1-3-22(14-16-10-6-4-5-7-11-16)20(23)17-13-21-18-12-8-9-15(2)19(17)18/h8-9,12-13,16,21H,3-7,10-11,14H2,1-2H3. The third-order valence-corrected chi connectivity index (χ3v) is 5.27. The van der Waals surface area contributed by atoms with Crippen LogP contribution in [0.5, 0.6) is 0 Å². The van der Waals surface area contributed by atoms with E-state index in [0.717, 1.165) is 35.1 Å². The van der Waals surface area contributed by atoms with Crippen molar-refractivity contribution in [3.8, 4) is 0 Å². The molecule has 1 amide bonds. The van der Waals surface area contributed by atoms with Crippen LogP contribution in [0.25, 0.3) is 10.9 Å². The number of aromatic nitrogens is 1. The number of carbonyl (C=O) groups is 1. The first-order chi connectivity index (χ1) is 11.2. The molecule has 0 aliphatic heterocycles. The Morgan fingerprint density at radius 3 is 2.65 bits per heavy atom. The van der Waals surface area contributed by atoms with Crippen molar-refractivity contribution in [2.24, 2.45) is 5.92 Å². The number of nitrogens with one attached hydrogen (secondary N) is 1. The van der Waals surface area contributed by atoms with Gasteiger partial charge >= 0.3 is 0 Å². The third-order valence-electron chi connectivity index (χ3n) is 5.27. The van der Waals surface area contributed by atoms with Crippen molar-refractivity contribution in [1.29, 1.82) is 0 Å². The van der Waals surface area contributed by atoms with Crippen molar-refractivity contribution in [1.82, 2.24) is 9.88 Å². The van der Waals surface area contributed by atoms with E-state index in [-0.39, 0.29) is 5.91 Å². The molecule has 124 valence electrons. The summed E-state index contributed by atoms with van der Waals surface area (Å²) in [5.41, 5.74) is 3.05. The van der Waals surface area contributed by atoms with Gasteiger partial charge in [-0.25, -0.2) is 0 Å². The lowest BCUT2D eigenvalue weighted by Crippen LogP contribution is -2.35. The van der Waals surface area contributed by atoms with Gasteiger partial charge in [0.25, 0.3) is 5.91 Å². The second kappa shape index (κ2) is 7.20. The van der Waals surface area contributed by atoms with Crippen molar-refractivity contribution in [3.05, 3.63) is 35.5 Å². The molecular weight excluding hydrogens is 284 g/mol. The van der Waals surface area contributed by atoms with Crippen LogP contribution in [0, 0.1) is 12.8 Å². The highest BCUT2D eigenvalue weighted by Gasteiger charge is 2.22. The Bertz CT molecular complexity index is 665. The van der Waals surface area contributed by atoms with Crippen molar-refractivity contribution in [2.75, 3.05) is 13.1 Å². The van der Waals surface area contributed by atoms with Crippen LogP contribution in [0.4, 0.5) is 0 Å². The Balaban J connectivity index is 1.81. The number of aromatic amines is 1. The summed E-state index contributed by atoms with van der Waals surface area (Å²) in [7, 11) is 0. The largest absolute Gasteiger partial charge is 0.360 e. The highest BCUT2D eigenvalue weighted by atomic mass is 16.2. The van der Waals surface area contributed by atoms with Crippen LogP contribution in [0.2, 0.25) is 0 Å². The summed E-state index contributed by atoms with van der Waals surface area (Å²) in [5, 5.41) is 1.08. The van der Waals surface area contributed by atoms with Crippen LogP contribution in [-0.2, 0) is 0 Å². The minimum absolute atomic E-state index is 0.178. The Morgan fingerprint density at radius 2 is 1.96 bits per heavy atom. The molecule has 1 aromatic carbocycles. The van der Waals surface area contributed by atoms with Crippen LogP contribution in [0.15, 0.2) is 24.4 Å². The Hall–Kier alpha value is -1.77. The van der Waals surface area contributed by atoms with Gasteiger partial charge in [0.05, 0.1) is 5.56 Å². The van der Waals surface area contributed by atoms with Crippen LogP contribution >= 0.6 is 0 Å². The van der Waals surface area contributed by atoms with E-state index in [9.17, 15) is 4.79 Å². The monoisotopic (exact) mass is 312 g/mol. The average Bonchev–Trinajstić information content (AvgIpc) is 2.83. The van der Waals surface area contributed by atoms with Crippen LogP contribution in [0.1, 0.15) is 61.4 Å².